The number of anilines is 1. The smallest absolute Gasteiger partial charge is 0.0400 e. The van der Waals surface area contributed by atoms with E-state index in [0.717, 1.165) is 6.54 Å². The van der Waals surface area contributed by atoms with Crippen molar-refractivity contribution in [3.63, 3.8) is 0 Å². The summed E-state index contributed by atoms with van der Waals surface area (Å²) < 4.78 is 0. The number of hydrogen-bond donors (Lipinski definition) is 1. The molecule has 2 aromatic rings. The van der Waals surface area contributed by atoms with Crippen LogP contribution in [0.3, 0.4) is 0 Å². The normalized spacial score (nSPS) is 10.3. The highest BCUT2D eigenvalue weighted by Crippen LogP contribution is 2.15. The van der Waals surface area contributed by atoms with Crippen molar-refractivity contribution in [1.29, 1.82) is 0 Å². The summed E-state index contributed by atoms with van der Waals surface area (Å²) in [6, 6.07) is 15.1. The van der Waals surface area contributed by atoms with Gasteiger partial charge in [0.05, 0.1) is 0 Å². The number of hydrogen-bond acceptors (Lipinski definition) is 1. The first kappa shape index (κ1) is 11.7. The fraction of sp³-hybridized carbons (Fsp3) is 0.250. The first-order valence-electron chi connectivity index (χ1n) is 6.02. The van der Waals surface area contributed by atoms with Crippen LogP contribution < -0.4 is 5.32 Å². The Hall–Kier alpha value is -1.76. The second-order valence-corrected chi connectivity index (χ2v) is 4.64. The highest BCUT2D eigenvalue weighted by molar-refractivity contribution is 5.48. The van der Waals surface area contributed by atoms with E-state index in [2.05, 4.69) is 68.6 Å². The van der Waals surface area contributed by atoms with Crippen LogP contribution in [-0.4, -0.2) is 0 Å². The Morgan fingerprint density at radius 2 is 1.53 bits per heavy atom. The van der Waals surface area contributed by atoms with Gasteiger partial charge in [0.15, 0.2) is 0 Å². The van der Waals surface area contributed by atoms with Gasteiger partial charge in [-0.05, 0) is 49.6 Å². The monoisotopic (exact) mass is 225 g/mol. The van der Waals surface area contributed by atoms with Crippen LogP contribution >= 0.6 is 0 Å². The van der Waals surface area contributed by atoms with E-state index in [0.29, 0.717) is 0 Å². The van der Waals surface area contributed by atoms with Crippen LogP contribution in [0.25, 0.3) is 0 Å². The molecular formula is C16H19N. The van der Waals surface area contributed by atoms with Crippen molar-refractivity contribution in [3.05, 3.63) is 64.7 Å². The average Bonchev–Trinajstić information content (AvgIpc) is 2.33. The van der Waals surface area contributed by atoms with Crippen LogP contribution in [0, 0.1) is 20.8 Å². The Morgan fingerprint density at radius 3 is 2.18 bits per heavy atom. The second kappa shape index (κ2) is 5.05. The van der Waals surface area contributed by atoms with Gasteiger partial charge in [-0.15, -0.1) is 0 Å². The maximum atomic E-state index is 3.45. The van der Waals surface area contributed by atoms with Gasteiger partial charge in [0.2, 0.25) is 0 Å². The predicted octanol–water partition coefficient (Wildman–Crippen LogP) is 4.22. The first-order chi connectivity index (χ1) is 8.15. The van der Waals surface area contributed by atoms with Crippen molar-refractivity contribution in [2.75, 3.05) is 5.32 Å². The molecule has 0 heterocycles. The lowest BCUT2D eigenvalue weighted by molar-refractivity contribution is 1.14. The van der Waals surface area contributed by atoms with Gasteiger partial charge in [-0.2, -0.15) is 0 Å². The van der Waals surface area contributed by atoms with E-state index in [1.807, 2.05) is 0 Å². The lowest BCUT2D eigenvalue weighted by atomic mass is 10.1. The SMILES string of the molecule is Cc1ccc(CNc2ccc(C)c(C)c2)cc1. The summed E-state index contributed by atoms with van der Waals surface area (Å²) in [5.41, 5.74) is 6.48. The molecule has 0 aliphatic heterocycles. The van der Waals surface area contributed by atoms with Gasteiger partial charge in [0.25, 0.3) is 0 Å². The van der Waals surface area contributed by atoms with Gasteiger partial charge in [-0.25, -0.2) is 0 Å². The van der Waals surface area contributed by atoms with Gasteiger partial charge in [0.1, 0.15) is 0 Å². The summed E-state index contributed by atoms with van der Waals surface area (Å²) in [7, 11) is 0. The Labute approximate surface area is 103 Å². The molecule has 1 heteroatoms. The minimum Gasteiger partial charge on any atom is -0.381 e. The molecule has 0 saturated heterocycles. The number of nitrogens with one attached hydrogen (secondary N) is 1. The third-order valence-corrected chi connectivity index (χ3v) is 3.12. The number of aryl methyl sites for hydroxylation is 3. The summed E-state index contributed by atoms with van der Waals surface area (Å²) in [4.78, 5) is 0. The third kappa shape index (κ3) is 3.10. The molecule has 0 amide bonds. The second-order valence-electron chi connectivity index (χ2n) is 4.64. The van der Waals surface area contributed by atoms with Gasteiger partial charge < -0.3 is 5.32 Å². The molecule has 1 nitrogen and oxygen atoms in total. The minimum atomic E-state index is 0.878. The van der Waals surface area contributed by atoms with Gasteiger partial charge >= 0.3 is 0 Å². The summed E-state index contributed by atoms with van der Waals surface area (Å²) in [6.45, 7) is 7.27. The molecule has 0 aliphatic rings. The molecule has 1 N–H and O–H groups in total. The van der Waals surface area contributed by atoms with E-state index in [-0.39, 0.29) is 0 Å². The van der Waals surface area contributed by atoms with Gasteiger partial charge in [0, 0.05) is 12.2 Å². The summed E-state index contributed by atoms with van der Waals surface area (Å²) in [5, 5.41) is 3.45. The van der Waals surface area contributed by atoms with Crippen molar-refractivity contribution < 1.29 is 0 Å². The van der Waals surface area contributed by atoms with Gasteiger partial charge in [-0.1, -0.05) is 35.9 Å². The highest BCUT2D eigenvalue weighted by Gasteiger charge is 1.96. The molecule has 88 valence electrons. The Bertz CT molecular complexity index is 497. The van der Waals surface area contributed by atoms with E-state index in [9.17, 15) is 0 Å². The lowest BCUT2D eigenvalue weighted by Gasteiger charge is -2.09. The van der Waals surface area contributed by atoms with Crippen molar-refractivity contribution in [3.8, 4) is 0 Å². The number of rotatable bonds is 3. The van der Waals surface area contributed by atoms with Crippen LogP contribution in [0.2, 0.25) is 0 Å². The Kier molecular flexibility index (Phi) is 3.48. The molecule has 0 aliphatic carbocycles. The summed E-state index contributed by atoms with van der Waals surface area (Å²) >= 11 is 0. The number of benzene rings is 2. The van der Waals surface area contributed by atoms with Crippen LogP contribution in [0.1, 0.15) is 22.3 Å². The van der Waals surface area contributed by atoms with Crippen LogP contribution in [-0.2, 0) is 6.54 Å². The summed E-state index contributed by atoms with van der Waals surface area (Å²) in [5.74, 6) is 0. The molecular weight excluding hydrogens is 206 g/mol. The highest BCUT2D eigenvalue weighted by atomic mass is 14.9. The first-order valence-corrected chi connectivity index (χ1v) is 6.02. The molecule has 0 atom stereocenters. The van der Waals surface area contributed by atoms with E-state index >= 15 is 0 Å². The zero-order valence-electron chi connectivity index (χ0n) is 10.7. The molecule has 0 bridgehead atoms. The molecule has 0 fully saturated rings. The van der Waals surface area contributed by atoms with Crippen molar-refractivity contribution in [2.24, 2.45) is 0 Å². The zero-order chi connectivity index (χ0) is 12.3. The van der Waals surface area contributed by atoms with E-state index in [1.165, 1.54) is 27.9 Å². The molecule has 2 rings (SSSR count). The predicted molar refractivity (Wildman–Crippen MR) is 74.4 cm³/mol. The fourth-order valence-electron chi connectivity index (χ4n) is 1.76. The standard InChI is InChI=1S/C16H19N/c1-12-4-7-15(8-5-12)11-17-16-9-6-13(2)14(3)10-16/h4-10,17H,11H2,1-3H3. The summed E-state index contributed by atoms with van der Waals surface area (Å²) in [6.07, 6.45) is 0. The molecule has 2 aromatic carbocycles. The van der Waals surface area contributed by atoms with E-state index in [4.69, 9.17) is 0 Å². The topological polar surface area (TPSA) is 12.0 Å². The average molecular weight is 225 g/mol. The fourth-order valence-corrected chi connectivity index (χ4v) is 1.76. The van der Waals surface area contributed by atoms with Gasteiger partial charge in [-0.3, -0.25) is 0 Å². The minimum absolute atomic E-state index is 0.878. The van der Waals surface area contributed by atoms with Crippen LogP contribution in [0.5, 0.6) is 0 Å². The molecule has 0 aromatic heterocycles. The van der Waals surface area contributed by atoms with Crippen LogP contribution in [0.4, 0.5) is 5.69 Å². The maximum absolute atomic E-state index is 3.45. The van der Waals surface area contributed by atoms with E-state index < -0.39 is 0 Å². The van der Waals surface area contributed by atoms with Crippen LogP contribution in [0.15, 0.2) is 42.5 Å². The molecule has 0 spiro atoms. The van der Waals surface area contributed by atoms with E-state index in [1.54, 1.807) is 0 Å². The van der Waals surface area contributed by atoms with Crippen molar-refractivity contribution >= 4 is 5.69 Å². The van der Waals surface area contributed by atoms with Crippen molar-refractivity contribution in [2.45, 2.75) is 27.3 Å². The zero-order valence-corrected chi connectivity index (χ0v) is 10.7. The largest absolute Gasteiger partial charge is 0.381 e. The molecule has 0 radical (unpaired) electrons. The van der Waals surface area contributed by atoms with Crippen molar-refractivity contribution in [1.82, 2.24) is 0 Å². The maximum Gasteiger partial charge on any atom is 0.0400 e. The Balaban J connectivity index is 2.02. The lowest BCUT2D eigenvalue weighted by Crippen LogP contribution is -1.99. The molecule has 0 unspecified atom stereocenters. The molecule has 0 saturated carbocycles. The quantitative estimate of drug-likeness (QED) is 0.824. The molecule has 17 heavy (non-hydrogen) atoms. The third-order valence-electron chi connectivity index (χ3n) is 3.12. The Morgan fingerprint density at radius 1 is 0.824 bits per heavy atom.